The molecule has 0 spiro atoms. The Morgan fingerprint density at radius 1 is 0.927 bits per heavy atom. The summed E-state index contributed by atoms with van der Waals surface area (Å²) < 4.78 is 6.23. The van der Waals surface area contributed by atoms with Crippen molar-refractivity contribution < 1.29 is 29.6 Å². The highest BCUT2D eigenvalue weighted by Gasteiger charge is 2.56. The van der Waals surface area contributed by atoms with Crippen LogP contribution in [0.4, 0.5) is 0 Å². The molecule has 2 aliphatic heterocycles. The number of likely N-dealkylation sites (tertiary alicyclic amines) is 2. The summed E-state index contributed by atoms with van der Waals surface area (Å²) in [6.07, 6.45) is 5.17. The number of benzene rings is 3. The zero-order chi connectivity index (χ0) is 38.5. The third-order valence-corrected chi connectivity index (χ3v) is 11.6. The Hall–Kier alpha value is -5.09. The monoisotopic (exact) mass is 741 g/mol. The molecule has 1 aromatic heterocycles. The van der Waals surface area contributed by atoms with E-state index < -0.39 is 23.9 Å². The fourth-order valence-corrected chi connectivity index (χ4v) is 8.89. The lowest BCUT2D eigenvalue weighted by Crippen LogP contribution is -2.47. The van der Waals surface area contributed by atoms with E-state index in [1.807, 2.05) is 98.8 Å². The standard InChI is InChI=1S/C46H51N3O6/c1-30-23-33(24-31(2)44(30)52)25-34(40-15-9-10-20-47-40)16-17-41(51)42-35(29-55-37-13-7-4-8-14-37)26-38-43(39(42)28-50)46(54)49(45(38)53)36-18-21-48(22-19-36)27-32-11-5-3-6-12-32/h3-15,20,23-25,36,38-39,41,43,50-52H,16-19,21-22,26-29H2,1-2H3/b34-25-/t38-,39+,41-,43-/m1/s1. The van der Waals surface area contributed by atoms with E-state index in [0.29, 0.717) is 37.0 Å². The Morgan fingerprint density at radius 3 is 2.25 bits per heavy atom. The third kappa shape index (κ3) is 8.44. The average molecular weight is 742 g/mol. The van der Waals surface area contributed by atoms with Gasteiger partial charge in [0.05, 0.1) is 30.2 Å². The highest BCUT2D eigenvalue weighted by Crippen LogP contribution is 2.47. The number of piperidine rings is 1. The minimum Gasteiger partial charge on any atom is -0.507 e. The predicted octanol–water partition coefficient (Wildman–Crippen LogP) is 6.74. The zero-order valence-electron chi connectivity index (χ0n) is 31.7. The summed E-state index contributed by atoms with van der Waals surface area (Å²) >= 11 is 0. The Balaban J connectivity index is 1.14. The highest BCUT2D eigenvalue weighted by molar-refractivity contribution is 6.06. The molecule has 0 bridgehead atoms. The largest absolute Gasteiger partial charge is 0.507 e. The number of phenols is 1. The van der Waals surface area contributed by atoms with E-state index in [2.05, 4.69) is 22.0 Å². The van der Waals surface area contributed by atoms with Gasteiger partial charge in [-0.1, -0.05) is 54.6 Å². The number of aromatic nitrogens is 1. The molecule has 4 aromatic rings. The lowest BCUT2D eigenvalue weighted by atomic mass is 9.68. The number of para-hydroxylation sites is 1. The number of carbonyl (C=O) groups is 2. The zero-order valence-corrected chi connectivity index (χ0v) is 31.7. The molecule has 4 atom stereocenters. The van der Waals surface area contributed by atoms with Gasteiger partial charge in [-0.3, -0.25) is 24.4 Å². The number of aryl methyl sites for hydroxylation is 2. The molecule has 3 heterocycles. The number of ether oxygens (including phenoxy) is 1. The van der Waals surface area contributed by atoms with Crippen molar-refractivity contribution in [2.75, 3.05) is 26.3 Å². The van der Waals surface area contributed by atoms with Gasteiger partial charge in [-0.25, -0.2) is 0 Å². The molecule has 0 saturated carbocycles. The SMILES string of the molecule is Cc1cc(/C=C(/CC[C@@H](O)C2=C(COc3ccccc3)C[C@H]3C(=O)N(C4CCN(Cc5ccccc5)CC4)C(=O)[C@H]3[C@H]2CO)c2ccccn2)cc(C)c1O. The van der Waals surface area contributed by atoms with Crippen LogP contribution in [0, 0.1) is 31.6 Å². The van der Waals surface area contributed by atoms with Crippen LogP contribution < -0.4 is 4.74 Å². The van der Waals surface area contributed by atoms with Gasteiger partial charge < -0.3 is 20.1 Å². The molecule has 0 unspecified atom stereocenters. The van der Waals surface area contributed by atoms with E-state index >= 15 is 0 Å². The summed E-state index contributed by atoms with van der Waals surface area (Å²) in [5.41, 5.74) is 6.70. The Labute approximate surface area is 323 Å². The van der Waals surface area contributed by atoms with Crippen molar-refractivity contribution in [3.8, 4) is 11.5 Å². The van der Waals surface area contributed by atoms with Crippen LogP contribution in [0.25, 0.3) is 11.6 Å². The van der Waals surface area contributed by atoms with Crippen LogP contribution in [0.2, 0.25) is 0 Å². The summed E-state index contributed by atoms with van der Waals surface area (Å²) in [4.78, 5) is 37.1. The molecule has 3 aliphatic rings. The number of amides is 2. The number of fused-ring (bicyclic) bond motifs is 1. The van der Waals surface area contributed by atoms with Crippen LogP contribution in [0.15, 0.2) is 108 Å². The van der Waals surface area contributed by atoms with Gasteiger partial charge >= 0.3 is 0 Å². The third-order valence-electron chi connectivity index (χ3n) is 11.6. The smallest absolute Gasteiger partial charge is 0.234 e. The summed E-state index contributed by atoms with van der Waals surface area (Å²) in [5.74, 6) is -1.60. The molecule has 3 N–H and O–H groups in total. The van der Waals surface area contributed by atoms with E-state index in [9.17, 15) is 24.9 Å². The first kappa shape index (κ1) is 38.2. The van der Waals surface area contributed by atoms with Gasteiger partial charge in [0.25, 0.3) is 0 Å². The van der Waals surface area contributed by atoms with Crippen molar-refractivity contribution in [1.29, 1.82) is 0 Å². The molecule has 2 fully saturated rings. The molecule has 286 valence electrons. The summed E-state index contributed by atoms with van der Waals surface area (Å²) in [5, 5.41) is 33.6. The van der Waals surface area contributed by atoms with Crippen molar-refractivity contribution in [1.82, 2.24) is 14.8 Å². The molecule has 9 nitrogen and oxygen atoms in total. The highest BCUT2D eigenvalue weighted by atomic mass is 16.5. The fourth-order valence-electron chi connectivity index (χ4n) is 8.89. The predicted molar refractivity (Wildman–Crippen MR) is 213 cm³/mol. The van der Waals surface area contributed by atoms with E-state index in [4.69, 9.17) is 4.74 Å². The van der Waals surface area contributed by atoms with Gasteiger partial charge in [-0.2, -0.15) is 0 Å². The summed E-state index contributed by atoms with van der Waals surface area (Å²) in [6, 6.07) is 29.1. The van der Waals surface area contributed by atoms with E-state index in [0.717, 1.165) is 53.2 Å². The van der Waals surface area contributed by atoms with Crippen LogP contribution >= 0.6 is 0 Å². The van der Waals surface area contributed by atoms with Crippen molar-refractivity contribution in [3.05, 3.63) is 136 Å². The van der Waals surface area contributed by atoms with E-state index in [-0.39, 0.29) is 43.2 Å². The molecule has 1 aliphatic carbocycles. The first-order valence-corrected chi connectivity index (χ1v) is 19.5. The number of hydrogen-bond acceptors (Lipinski definition) is 8. The van der Waals surface area contributed by atoms with Gasteiger partial charge in [0.2, 0.25) is 11.8 Å². The minimum atomic E-state index is -1.01. The summed E-state index contributed by atoms with van der Waals surface area (Å²) in [7, 11) is 0. The van der Waals surface area contributed by atoms with Crippen LogP contribution in [-0.4, -0.2) is 80.4 Å². The second-order valence-electron chi connectivity index (χ2n) is 15.3. The molecule has 0 radical (unpaired) electrons. The summed E-state index contributed by atoms with van der Waals surface area (Å²) in [6.45, 7) is 5.88. The van der Waals surface area contributed by atoms with E-state index in [1.54, 1.807) is 6.20 Å². The van der Waals surface area contributed by atoms with Crippen LogP contribution in [-0.2, 0) is 16.1 Å². The van der Waals surface area contributed by atoms with Gasteiger partial charge in [0, 0.05) is 37.8 Å². The van der Waals surface area contributed by atoms with Crippen molar-refractivity contribution in [3.63, 3.8) is 0 Å². The molecule has 3 aromatic carbocycles. The number of phenolic OH excluding ortho intramolecular Hbond substituents is 1. The Bertz CT molecular complexity index is 2000. The van der Waals surface area contributed by atoms with Crippen LogP contribution in [0.5, 0.6) is 11.5 Å². The number of aliphatic hydroxyl groups excluding tert-OH is 2. The van der Waals surface area contributed by atoms with Gasteiger partial charge in [0.15, 0.2) is 0 Å². The molecular weight excluding hydrogens is 691 g/mol. The Morgan fingerprint density at radius 2 is 1.60 bits per heavy atom. The normalized spacial score (nSPS) is 21.6. The number of rotatable bonds is 13. The van der Waals surface area contributed by atoms with Gasteiger partial charge in [-0.15, -0.1) is 0 Å². The minimum absolute atomic E-state index is 0.129. The molecule has 2 saturated heterocycles. The average Bonchev–Trinajstić information content (AvgIpc) is 3.46. The van der Waals surface area contributed by atoms with Crippen molar-refractivity contribution in [2.45, 2.75) is 64.6 Å². The second kappa shape index (κ2) is 17.1. The first-order valence-electron chi connectivity index (χ1n) is 19.5. The number of aromatic hydroxyl groups is 1. The maximum Gasteiger partial charge on any atom is 0.234 e. The second-order valence-corrected chi connectivity index (χ2v) is 15.3. The molecule has 9 heteroatoms. The van der Waals surface area contributed by atoms with Gasteiger partial charge in [-0.05, 0) is 127 Å². The first-order chi connectivity index (χ1) is 26.7. The van der Waals surface area contributed by atoms with Crippen molar-refractivity contribution in [2.24, 2.45) is 17.8 Å². The molecule has 2 amide bonds. The number of nitrogens with zero attached hydrogens (tertiary/aromatic N) is 3. The number of imide groups is 1. The maximum atomic E-state index is 14.4. The molecule has 55 heavy (non-hydrogen) atoms. The number of allylic oxidation sites excluding steroid dienone is 1. The van der Waals surface area contributed by atoms with E-state index in [1.165, 1.54) is 10.5 Å². The lowest BCUT2D eigenvalue weighted by Gasteiger charge is -2.37. The lowest BCUT2D eigenvalue weighted by molar-refractivity contribution is -0.144. The number of aliphatic hydroxyl groups is 2. The number of pyridine rings is 1. The Kier molecular flexibility index (Phi) is 11.9. The van der Waals surface area contributed by atoms with Gasteiger partial charge in [0.1, 0.15) is 18.1 Å². The topological polar surface area (TPSA) is 123 Å². The fraction of sp³-hybridized carbons (Fsp3) is 0.370. The number of hydrogen-bond donors (Lipinski definition) is 3. The van der Waals surface area contributed by atoms with Crippen molar-refractivity contribution >= 4 is 23.5 Å². The molecular formula is C46H51N3O6. The number of carbonyl (C=O) groups excluding carboxylic acids is 2. The van der Waals surface area contributed by atoms with Crippen LogP contribution in [0.3, 0.4) is 0 Å². The molecule has 7 rings (SSSR count). The maximum absolute atomic E-state index is 14.4. The van der Waals surface area contributed by atoms with Crippen LogP contribution in [0.1, 0.15) is 60.1 Å². The quantitative estimate of drug-likeness (QED) is 0.102.